The fourth-order valence-corrected chi connectivity index (χ4v) is 1.20. The second-order valence-electron chi connectivity index (χ2n) is 3.20. The lowest BCUT2D eigenvalue weighted by molar-refractivity contribution is 0.0953. The van der Waals surface area contributed by atoms with Gasteiger partial charge in [-0.1, -0.05) is 6.92 Å². The molecule has 0 unspecified atom stereocenters. The Morgan fingerprint density at radius 2 is 2.20 bits per heavy atom. The van der Waals surface area contributed by atoms with Crippen LogP contribution in [0.15, 0.2) is 18.2 Å². The Labute approximate surface area is 88.7 Å². The molecule has 3 nitrogen and oxygen atoms in total. The third-order valence-corrected chi connectivity index (χ3v) is 2.04. The van der Waals surface area contributed by atoms with Gasteiger partial charge in [0.25, 0.3) is 5.91 Å². The lowest BCUT2D eigenvalue weighted by Crippen LogP contribution is -2.24. The van der Waals surface area contributed by atoms with Crippen LogP contribution in [-0.2, 0) is 0 Å². The molecule has 0 spiro atoms. The van der Waals surface area contributed by atoms with Gasteiger partial charge >= 0.3 is 0 Å². The van der Waals surface area contributed by atoms with Crippen molar-refractivity contribution in [2.45, 2.75) is 13.3 Å². The molecule has 1 aromatic rings. The predicted molar refractivity (Wildman–Crippen MR) is 58.6 cm³/mol. The summed E-state index contributed by atoms with van der Waals surface area (Å²) in [6, 6.07) is 4.38. The quantitative estimate of drug-likeness (QED) is 0.798. The van der Waals surface area contributed by atoms with Crippen LogP contribution in [-0.4, -0.2) is 19.5 Å². The van der Waals surface area contributed by atoms with Crippen molar-refractivity contribution in [1.82, 2.24) is 5.32 Å². The van der Waals surface area contributed by atoms with E-state index in [1.165, 1.54) is 6.07 Å². The summed E-state index contributed by atoms with van der Waals surface area (Å²) in [7, 11) is 1.63. The number of halogens is 1. The van der Waals surface area contributed by atoms with Crippen molar-refractivity contribution in [3.8, 4) is 0 Å². The van der Waals surface area contributed by atoms with Gasteiger partial charge in [-0.05, 0) is 24.6 Å². The minimum atomic E-state index is -0.415. The van der Waals surface area contributed by atoms with Gasteiger partial charge in [0.05, 0.1) is 5.69 Å². The molecular formula is C11H15FN2O. The van der Waals surface area contributed by atoms with E-state index in [-0.39, 0.29) is 5.91 Å². The van der Waals surface area contributed by atoms with Crippen LogP contribution in [0.25, 0.3) is 0 Å². The lowest BCUT2D eigenvalue weighted by Gasteiger charge is -2.06. The first kappa shape index (κ1) is 11.5. The van der Waals surface area contributed by atoms with Crippen LogP contribution in [0.2, 0.25) is 0 Å². The van der Waals surface area contributed by atoms with Crippen LogP contribution in [0.5, 0.6) is 0 Å². The van der Waals surface area contributed by atoms with Crippen molar-refractivity contribution in [3.05, 3.63) is 29.6 Å². The molecule has 1 amide bonds. The summed E-state index contributed by atoms with van der Waals surface area (Å²) in [6.45, 7) is 2.57. The van der Waals surface area contributed by atoms with Crippen LogP contribution < -0.4 is 10.6 Å². The zero-order valence-corrected chi connectivity index (χ0v) is 8.93. The molecule has 0 radical (unpaired) electrons. The van der Waals surface area contributed by atoms with Crippen LogP contribution in [0.4, 0.5) is 10.1 Å². The number of anilines is 1. The number of nitrogens with one attached hydrogen (secondary N) is 2. The summed E-state index contributed by atoms with van der Waals surface area (Å²) in [5, 5.41) is 5.39. The predicted octanol–water partition coefficient (Wildman–Crippen LogP) is 2.01. The zero-order valence-electron chi connectivity index (χ0n) is 8.93. The number of carbonyl (C=O) groups is 1. The fraction of sp³-hybridized carbons (Fsp3) is 0.364. The molecule has 0 aliphatic rings. The highest BCUT2D eigenvalue weighted by atomic mass is 19.1. The van der Waals surface area contributed by atoms with Crippen molar-refractivity contribution in [2.75, 3.05) is 18.9 Å². The first-order valence-electron chi connectivity index (χ1n) is 4.94. The minimum absolute atomic E-state index is 0.238. The molecule has 0 fully saturated rings. The number of amides is 1. The molecule has 1 aromatic carbocycles. The van der Waals surface area contributed by atoms with Crippen LogP contribution in [0.1, 0.15) is 23.7 Å². The summed E-state index contributed by atoms with van der Waals surface area (Å²) in [6.07, 6.45) is 0.864. The normalized spacial score (nSPS) is 9.80. The van der Waals surface area contributed by atoms with Gasteiger partial charge in [0.15, 0.2) is 0 Å². The third kappa shape index (κ3) is 2.94. The summed E-state index contributed by atoms with van der Waals surface area (Å²) < 4.78 is 13.3. The smallest absolute Gasteiger partial charge is 0.251 e. The van der Waals surface area contributed by atoms with Gasteiger partial charge in [-0.15, -0.1) is 0 Å². The van der Waals surface area contributed by atoms with Crippen molar-refractivity contribution in [2.24, 2.45) is 0 Å². The molecule has 0 saturated carbocycles. The van der Waals surface area contributed by atoms with E-state index in [0.717, 1.165) is 6.42 Å². The molecule has 0 aliphatic heterocycles. The molecule has 0 saturated heterocycles. The van der Waals surface area contributed by atoms with E-state index in [0.29, 0.717) is 17.8 Å². The summed E-state index contributed by atoms with van der Waals surface area (Å²) in [5.41, 5.74) is 0.738. The van der Waals surface area contributed by atoms with Crippen LogP contribution in [0, 0.1) is 5.82 Å². The molecule has 0 heterocycles. The Bertz CT molecular complexity index is 352. The molecular weight excluding hydrogens is 195 g/mol. The van der Waals surface area contributed by atoms with Gasteiger partial charge in [0.2, 0.25) is 0 Å². The number of benzene rings is 1. The zero-order chi connectivity index (χ0) is 11.3. The van der Waals surface area contributed by atoms with Gasteiger partial charge in [0, 0.05) is 19.2 Å². The minimum Gasteiger partial charge on any atom is -0.386 e. The van der Waals surface area contributed by atoms with Gasteiger partial charge in [-0.25, -0.2) is 4.39 Å². The van der Waals surface area contributed by atoms with E-state index < -0.39 is 5.82 Å². The number of rotatable bonds is 4. The van der Waals surface area contributed by atoms with Crippen molar-refractivity contribution < 1.29 is 9.18 Å². The first-order valence-corrected chi connectivity index (χ1v) is 4.94. The van der Waals surface area contributed by atoms with E-state index in [1.807, 2.05) is 6.92 Å². The first-order chi connectivity index (χ1) is 7.19. The SMILES string of the molecule is CCCNC(=O)c1ccc(NC)c(F)c1. The van der Waals surface area contributed by atoms with Crippen molar-refractivity contribution >= 4 is 11.6 Å². The molecule has 0 aliphatic carbocycles. The van der Waals surface area contributed by atoms with Crippen molar-refractivity contribution in [1.29, 1.82) is 0 Å². The highest BCUT2D eigenvalue weighted by Gasteiger charge is 2.07. The monoisotopic (exact) mass is 210 g/mol. The van der Waals surface area contributed by atoms with Crippen LogP contribution >= 0.6 is 0 Å². The summed E-state index contributed by atoms with van der Waals surface area (Å²) in [4.78, 5) is 11.5. The number of hydrogen-bond acceptors (Lipinski definition) is 2. The van der Waals surface area contributed by atoms with E-state index >= 15 is 0 Å². The molecule has 82 valence electrons. The fourth-order valence-electron chi connectivity index (χ4n) is 1.20. The molecule has 0 atom stereocenters. The average molecular weight is 210 g/mol. The standard InChI is InChI=1S/C11H15FN2O/c1-3-6-14-11(15)8-4-5-10(13-2)9(12)7-8/h4-5,7,13H,3,6H2,1-2H3,(H,14,15). The maximum absolute atomic E-state index is 13.3. The Morgan fingerprint density at radius 3 is 2.73 bits per heavy atom. The molecule has 15 heavy (non-hydrogen) atoms. The van der Waals surface area contributed by atoms with Gasteiger partial charge in [-0.2, -0.15) is 0 Å². The van der Waals surface area contributed by atoms with Gasteiger partial charge in [-0.3, -0.25) is 4.79 Å². The molecule has 1 rings (SSSR count). The van der Waals surface area contributed by atoms with Crippen molar-refractivity contribution in [3.63, 3.8) is 0 Å². The largest absolute Gasteiger partial charge is 0.386 e. The van der Waals surface area contributed by atoms with E-state index in [4.69, 9.17) is 0 Å². The average Bonchev–Trinajstić information content (AvgIpc) is 2.25. The Hall–Kier alpha value is -1.58. The van der Waals surface area contributed by atoms with E-state index in [2.05, 4.69) is 10.6 Å². The second-order valence-corrected chi connectivity index (χ2v) is 3.20. The highest BCUT2D eigenvalue weighted by molar-refractivity contribution is 5.94. The van der Waals surface area contributed by atoms with E-state index in [9.17, 15) is 9.18 Å². The third-order valence-electron chi connectivity index (χ3n) is 2.04. The summed E-state index contributed by atoms with van der Waals surface area (Å²) in [5.74, 6) is -0.653. The Kier molecular flexibility index (Phi) is 4.09. The number of carbonyl (C=O) groups excluding carboxylic acids is 1. The van der Waals surface area contributed by atoms with Gasteiger partial charge < -0.3 is 10.6 Å². The number of hydrogen-bond donors (Lipinski definition) is 2. The maximum atomic E-state index is 13.3. The maximum Gasteiger partial charge on any atom is 0.251 e. The highest BCUT2D eigenvalue weighted by Crippen LogP contribution is 2.14. The lowest BCUT2D eigenvalue weighted by atomic mass is 10.2. The van der Waals surface area contributed by atoms with E-state index in [1.54, 1.807) is 19.2 Å². The molecule has 4 heteroatoms. The molecule has 0 bridgehead atoms. The molecule has 0 aromatic heterocycles. The second kappa shape index (κ2) is 5.34. The van der Waals surface area contributed by atoms with Crippen LogP contribution in [0.3, 0.4) is 0 Å². The Morgan fingerprint density at radius 1 is 1.47 bits per heavy atom. The molecule has 2 N–H and O–H groups in total. The topological polar surface area (TPSA) is 41.1 Å². The summed E-state index contributed by atoms with van der Waals surface area (Å²) >= 11 is 0. The Balaban J connectivity index is 2.78. The van der Waals surface area contributed by atoms with Gasteiger partial charge in [0.1, 0.15) is 5.82 Å².